The number of carboxylic acid groups (broad SMARTS) is 1. The highest BCUT2D eigenvalue weighted by atomic mass is 16.5. The molecule has 0 spiro atoms. The number of rotatable bonds is 4. The van der Waals surface area contributed by atoms with E-state index in [1.54, 1.807) is 11.9 Å². The van der Waals surface area contributed by atoms with Crippen LogP contribution in [0.2, 0.25) is 0 Å². The van der Waals surface area contributed by atoms with Crippen LogP contribution in [-0.2, 0) is 16.1 Å². The summed E-state index contributed by atoms with van der Waals surface area (Å²) in [5.41, 5.74) is 1.66. The Hall–Kier alpha value is -1.85. The van der Waals surface area contributed by atoms with Crippen LogP contribution in [0.5, 0.6) is 0 Å². The maximum absolute atomic E-state index is 12.4. The maximum Gasteiger partial charge on any atom is 0.307 e. The summed E-state index contributed by atoms with van der Waals surface area (Å²) in [5.74, 6) is -1.22. The fraction of sp³-hybridized carbons (Fsp3) is 0.643. The number of hydrogen-bond acceptors (Lipinski definition) is 4. The molecule has 2 atom stereocenters. The molecule has 0 bridgehead atoms. The summed E-state index contributed by atoms with van der Waals surface area (Å²) < 4.78 is 5.08. The van der Waals surface area contributed by atoms with Gasteiger partial charge >= 0.3 is 5.97 Å². The largest absolute Gasteiger partial charge is 0.481 e. The van der Waals surface area contributed by atoms with Gasteiger partial charge in [-0.3, -0.25) is 9.59 Å². The first kappa shape index (κ1) is 14.6. The predicted octanol–water partition coefficient (Wildman–Crippen LogP) is 1.75. The molecule has 1 heterocycles. The minimum Gasteiger partial charge on any atom is -0.481 e. The molecule has 1 amide bonds. The Morgan fingerprint density at radius 2 is 2.00 bits per heavy atom. The van der Waals surface area contributed by atoms with Gasteiger partial charge in [-0.15, -0.1) is 0 Å². The summed E-state index contributed by atoms with van der Waals surface area (Å²) >= 11 is 0. The Bertz CT molecular complexity index is 504. The zero-order chi connectivity index (χ0) is 14.9. The lowest BCUT2D eigenvalue weighted by Gasteiger charge is -2.23. The van der Waals surface area contributed by atoms with Gasteiger partial charge in [0.05, 0.1) is 24.1 Å². The number of nitrogens with zero attached hydrogens (tertiary/aromatic N) is 2. The number of aromatic nitrogens is 1. The van der Waals surface area contributed by atoms with E-state index in [-0.39, 0.29) is 5.91 Å². The molecule has 2 rings (SSSR count). The number of carbonyl (C=O) groups excluding carboxylic acids is 1. The van der Waals surface area contributed by atoms with Crippen molar-refractivity contribution in [1.82, 2.24) is 10.1 Å². The van der Waals surface area contributed by atoms with Gasteiger partial charge in [0.1, 0.15) is 5.76 Å². The molecule has 6 nitrogen and oxygen atoms in total. The zero-order valence-corrected chi connectivity index (χ0v) is 12.0. The summed E-state index contributed by atoms with van der Waals surface area (Å²) in [4.78, 5) is 25.2. The number of aliphatic carboxylic acids is 1. The Balaban J connectivity index is 2.07. The van der Waals surface area contributed by atoms with Gasteiger partial charge in [0.15, 0.2) is 0 Å². The van der Waals surface area contributed by atoms with Crippen molar-refractivity contribution in [3.8, 4) is 0 Å². The van der Waals surface area contributed by atoms with Gasteiger partial charge < -0.3 is 14.5 Å². The van der Waals surface area contributed by atoms with E-state index >= 15 is 0 Å². The second-order valence-electron chi connectivity index (χ2n) is 5.48. The third-order valence-electron chi connectivity index (χ3n) is 4.10. The molecule has 0 aliphatic heterocycles. The van der Waals surface area contributed by atoms with Crippen LogP contribution < -0.4 is 0 Å². The van der Waals surface area contributed by atoms with E-state index in [2.05, 4.69) is 5.16 Å². The number of carboxylic acids is 1. The number of carbonyl (C=O) groups is 2. The monoisotopic (exact) mass is 280 g/mol. The molecule has 0 aromatic carbocycles. The molecule has 0 saturated heterocycles. The van der Waals surface area contributed by atoms with Crippen molar-refractivity contribution in [2.45, 2.75) is 39.7 Å². The molecule has 1 fully saturated rings. The molecule has 1 aliphatic rings. The highest BCUT2D eigenvalue weighted by Crippen LogP contribution is 2.33. The summed E-state index contributed by atoms with van der Waals surface area (Å²) in [6.45, 7) is 4.05. The van der Waals surface area contributed by atoms with Crippen LogP contribution in [0.1, 0.15) is 36.3 Å². The normalized spacial score (nSPS) is 21.9. The van der Waals surface area contributed by atoms with Crippen LogP contribution in [0, 0.1) is 25.7 Å². The first-order valence-corrected chi connectivity index (χ1v) is 6.81. The van der Waals surface area contributed by atoms with Gasteiger partial charge in [-0.1, -0.05) is 11.6 Å². The zero-order valence-electron chi connectivity index (χ0n) is 12.0. The molecule has 1 aliphatic carbocycles. The third-order valence-corrected chi connectivity index (χ3v) is 4.10. The molecule has 6 heteroatoms. The number of amides is 1. The van der Waals surface area contributed by atoms with Gasteiger partial charge in [0, 0.05) is 12.6 Å². The standard InChI is InChI=1S/C14H20N2O4/c1-8-12(9(2)20-15-8)7-16(3)13(17)10-5-4-6-11(10)14(18)19/h10-11H,4-7H2,1-3H3,(H,18,19). The molecular formula is C14H20N2O4. The van der Waals surface area contributed by atoms with Crippen molar-refractivity contribution in [1.29, 1.82) is 0 Å². The van der Waals surface area contributed by atoms with Gasteiger partial charge in [0.25, 0.3) is 0 Å². The van der Waals surface area contributed by atoms with Crippen LogP contribution >= 0.6 is 0 Å². The molecule has 1 N–H and O–H groups in total. The van der Waals surface area contributed by atoms with Gasteiger partial charge in [0.2, 0.25) is 5.91 Å². The summed E-state index contributed by atoms with van der Waals surface area (Å²) in [6, 6.07) is 0. The third kappa shape index (κ3) is 2.69. The SMILES string of the molecule is Cc1noc(C)c1CN(C)C(=O)C1CCCC1C(=O)O. The fourth-order valence-electron chi connectivity index (χ4n) is 2.88. The van der Waals surface area contributed by atoms with Crippen molar-refractivity contribution < 1.29 is 19.2 Å². The Morgan fingerprint density at radius 1 is 1.35 bits per heavy atom. The lowest BCUT2D eigenvalue weighted by Crippen LogP contribution is -2.36. The van der Waals surface area contributed by atoms with Crippen molar-refractivity contribution in [3.63, 3.8) is 0 Å². The van der Waals surface area contributed by atoms with E-state index in [0.29, 0.717) is 25.1 Å². The van der Waals surface area contributed by atoms with Crippen LogP contribution in [0.25, 0.3) is 0 Å². The molecule has 20 heavy (non-hydrogen) atoms. The van der Waals surface area contributed by atoms with E-state index in [9.17, 15) is 9.59 Å². The van der Waals surface area contributed by atoms with Gasteiger partial charge in [-0.05, 0) is 26.7 Å². The van der Waals surface area contributed by atoms with E-state index < -0.39 is 17.8 Å². The van der Waals surface area contributed by atoms with Crippen molar-refractivity contribution in [3.05, 3.63) is 17.0 Å². The van der Waals surface area contributed by atoms with Crippen molar-refractivity contribution >= 4 is 11.9 Å². The quantitative estimate of drug-likeness (QED) is 0.908. The van der Waals surface area contributed by atoms with E-state index in [4.69, 9.17) is 9.63 Å². The summed E-state index contributed by atoms with van der Waals surface area (Å²) in [7, 11) is 1.70. The molecule has 2 unspecified atom stereocenters. The number of aryl methyl sites for hydroxylation is 2. The predicted molar refractivity (Wildman–Crippen MR) is 70.9 cm³/mol. The second-order valence-corrected chi connectivity index (χ2v) is 5.48. The smallest absolute Gasteiger partial charge is 0.307 e. The average Bonchev–Trinajstić information content (AvgIpc) is 2.99. The van der Waals surface area contributed by atoms with Gasteiger partial charge in [-0.25, -0.2) is 0 Å². The highest BCUT2D eigenvalue weighted by Gasteiger charge is 2.39. The molecule has 1 aromatic heterocycles. The fourth-order valence-corrected chi connectivity index (χ4v) is 2.88. The van der Waals surface area contributed by atoms with E-state index in [0.717, 1.165) is 17.7 Å². The minimum absolute atomic E-state index is 0.102. The van der Waals surface area contributed by atoms with Crippen LogP contribution in [0.3, 0.4) is 0 Å². The Labute approximate surface area is 117 Å². The lowest BCUT2D eigenvalue weighted by molar-refractivity contribution is -0.148. The molecule has 110 valence electrons. The maximum atomic E-state index is 12.4. The van der Waals surface area contributed by atoms with Crippen molar-refractivity contribution in [2.24, 2.45) is 11.8 Å². The second kappa shape index (κ2) is 5.64. The first-order chi connectivity index (χ1) is 9.41. The van der Waals surface area contributed by atoms with E-state index in [1.807, 2.05) is 13.8 Å². The van der Waals surface area contributed by atoms with Crippen LogP contribution in [0.15, 0.2) is 4.52 Å². The topological polar surface area (TPSA) is 83.6 Å². The minimum atomic E-state index is -0.869. The van der Waals surface area contributed by atoms with Crippen LogP contribution in [-0.4, -0.2) is 34.1 Å². The van der Waals surface area contributed by atoms with Crippen LogP contribution in [0.4, 0.5) is 0 Å². The number of hydrogen-bond donors (Lipinski definition) is 1. The molecule has 0 radical (unpaired) electrons. The Morgan fingerprint density at radius 3 is 2.55 bits per heavy atom. The van der Waals surface area contributed by atoms with Crippen molar-refractivity contribution in [2.75, 3.05) is 7.05 Å². The summed E-state index contributed by atoms with van der Waals surface area (Å²) in [5, 5.41) is 13.0. The summed E-state index contributed by atoms with van der Waals surface area (Å²) in [6.07, 6.45) is 2.04. The molecule has 1 aromatic rings. The molecule has 1 saturated carbocycles. The van der Waals surface area contributed by atoms with E-state index in [1.165, 1.54) is 0 Å². The first-order valence-electron chi connectivity index (χ1n) is 6.81. The lowest BCUT2D eigenvalue weighted by atomic mass is 9.94. The molecular weight excluding hydrogens is 260 g/mol. The highest BCUT2D eigenvalue weighted by molar-refractivity contribution is 5.85. The average molecular weight is 280 g/mol. The van der Waals surface area contributed by atoms with Gasteiger partial charge in [-0.2, -0.15) is 0 Å². The Kier molecular flexibility index (Phi) is 4.11.